The second-order valence-electron chi connectivity index (χ2n) is 4.49. The first-order chi connectivity index (χ1) is 10.1. The van der Waals surface area contributed by atoms with E-state index >= 15 is 0 Å². The second kappa shape index (κ2) is 6.06. The Balaban J connectivity index is 1.88. The molecule has 21 heavy (non-hydrogen) atoms. The van der Waals surface area contributed by atoms with E-state index in [4.69, 9.17) is 34.8 Å². The lowest BCUT2D eigenvalue weighted by atomic mass is 10.2. The molecule has 1 N–H and O–H groups in total. The summed E-state index contributed by atoms with van der Waals surface area (Å²) in [5.41, 5.74) is 1.85. The Bertz CT molecular complexity index is 805. The van der Waals surface area contributed by atoms with Gasteiger partial charge in [0.15, 0.2) is 0 Å². The zero-order valence-corrected chi connectivity index (χ0v) is 13.0. The highest BCUT2D eigenvalue weighted by atomic mass is 35.5. The Kier molecular flexibility index (Phi) is 4.15. The third kappa shape index (κ3) is 3.21. The molecule has 0 saturated carbocycles. The van der Waals surface area contributed by atoms with Crippen LogP contribution in [0, 0.1) is 0 Å². The molecule has 1 heterocycles. The Labute approximate surface area is 136 Å². The van der Waals surface area contributed by atoms with Crippen LogP contribution in [-0.4, -0.2) is 9.97 Å². The van der Waals surface area contributed by atoms with Gasteiger partial charge in [-0.2, -0.15) is 0 Å². The summed E-state index contributed by atoms with van der Waals surface area (Å²) >= 11 is 17.9. The molecule has 3 nitrogen and oxygen atoms in total. The van der Waals surface area contributed by atoms with Gasteiger partial charge in [0.1, 0.15) is 12.1 Å². The first-order valence-corrected chi connectivity index (χ1v) is 7.35. The van der Waals surface area contributed by atoms with Crippen LogP contribution in [0.4, 0.5) is 5.82 Å². The van der Waals surface area contributed by atoms with Gasteiger partial charge in [-0.25, -0.2) is 9.97 Å². The molecule has 0 saturated heterocycles. The summed E-state index contributed by atoms with van der Waals surface area (Å²) in [6, 6.07) is 11.0. The van der Waals surface area contributed by atoms with Crippen LogP contribution in [0.15, 0.2) is 42.7 Å². The molecule has 3 aromatic rings. The number of fused-ring (bicyclic) bond motifs is 1. The predicted octanol–water partition coefficient (Wildman–Crippen LogP) is 5.20. The van der Waals surface area contributed by atoms with Crippen molar-refractivity contribution in [2.75, 3.05) is 5.32 Å². The molecule has 2 aromatic carbocycles. The van der Waals surface area contributed by atoms with Crippen molar-refractivity contribution >= 4 is 51.5 Å². The molecule has 0 atom stereocenters. The summed E-state index contributed by atoms with van der Waals surface area (Å²) in [6.07, 6.45) is 1.52. The molecule has 106 valence electrons. The van der Waals surface area contributed by atoms with Gasteiger partial charge >= 0.3 is 0 Å². The fourth-order valence-electron chi connectivity index (χ4n) is 2.01. The number of benzene rings is 2. The van der Waals surface area contributed by atoms with E-state index < -0.39 is 0 Å². The van der Waals surface area contributed by atoms with Crippen molar-refractivity contribution < 1.29 is 0 Å². The van der Waals surface area contributed by atoms with E-state index in [1.54, 1.807) is 12.1 Å². The van der Waals surface area contributed by atoms with Gasteiger partial charge in [-0.3, -0.25) is 0 Å². The van der Waals surface area contributed by atoms with Crippen molar-refractivity contribution in [3.05, 3.63) is 63.4 Å². The van der Waals surface area contributed by atoms with Crippen molar-refractivity contribution in [2.24, 2.45) is 0 Å². The molecule has 1 aromatic heterocycles. The minimum absolute atomic E-state index is 0.534. The Hall–Kier alpha value is -1.55. The maximum Gasteiger partial charge on any atom is 0.137 e. The van der Waals surface area contributed by atoms with Gasteiger partial charge in [0, 0.05) is 17.0 Å². The van der Waals surface area contributed by atoms with Gasteiger partial charge in [0.25, 0.3) is 0 Å². The summed E-state index contributed by atoms with van der Waals surface area (Å²) in [5, 5.41) is 5.87. The molecule has 0 fully saturated rings. The van der Waals surface area contributed by atoms with Crippen molar-refractivity contribution in [1.82, 2.24) is 9.97 Å². The molecule has 0 aliphatic rings. The van der Waals surface area contributed by atoms with Crippen LogP contribution in [0.25, 0.3) is 10.9 Å². The van der Waals surface area contributed by atoms with E-state index in [0.717, 1.165) is 22.3 Å². The molecule has 3 rings (SSSR count). The molecule has 0 radical (unpaired) electrons. The highest BCUT2D eigenvalue weighted by Gasteiger charge is 2.05. The van der Waals surface area contributed by atoms with Gasteiger partial charge < -0.3 is 5.32 Å². The van der Waals surface area contributed by atoms with Crippen LogP contribution in [0.2, 0.25) is 15.1 Å². The number of nitrogens with zero attached hydrogens (tertiary/aromatic N) is 2. The van der Waals surface area contributed by atoms with Gasteiger partial charge in [0.2, 0.25) is 0 Å². The predicted molar refractivity (Wildman–Crippen MR) is 88.3 cm³/mol. The maximum absolute atomic E-state index is 6.03. The number of anilines is 1. The highest BCUT2D eigenvalue weighted by Crippen LogP contribution is 2.25. The molecule has 0 aliphatic carbocycles. The maximum atomic E-state index is 6.03. The van der Waals surface area contributed by atoms with Crippen LogP contribution < -0.4 is 5.32 Å². The van der Waals surface area contributed by atoms with Gasteiger partial charge in [-0.1, -0.05) is 40.9 Å². The summed E-state index contributed by atoms with van der Waals surface area (Å²) in [4.78, 5) is 8.48. The molecule has 0 unspecified atom stereocenters. The van der Waals surface area contributed by atoms with Gasteiger partial charge in [-0.15, -0.1) is 0 Å². The van der Waals surface area contributed by atoms with E-state index in [9.17, 15) is 0 Å². The fraction of sp³-hybridized carbons (Fsp3) is 0.0667. The zero-order chi connectivity index (χ0) is 14.8. The number of rotatable bonds is 3. The zero-order valence-electron chi connectivity index (χ0n) is 10.8. The second-order valence-corrected chi connectivity index (χ2v) is 5.74. The first-order valence-electron chi connectivity index (χ1n) is 6.21. The molecule has 0 amide bonds. The lowest BCUT2D eigenvalue weighted by Crippen LogP contribution is -2.02. The summed E-state index contributed by atoms with van der Waals surface area (Å²) < 4.78 is 0. The topological polar surface area (TPSA) is 37.8 Å². The SMILES string of the molecule is Clc1ccc2ncnc(NCc3ccc(Cl)c(Cl)c3)c2c1. The largest absolute Gasteiger partial charge is 0.365 e. The average Bonchev–Trinajstić information content (AvgIpc) is 2.48. The summed E-state index contributed by atoms with van der Waals surface area (Å²) in [6.45, 7) is 0.579. The highest BCUT2D eigenvalue weighted by molar-refractivity contribution is 6.42. The minimum Gasteiger partial charge on any atom is -0.365 e. The normalized spacial score (nSPS) is 10.8. The van der Waals surface area contributed by atoms with Crippen LogP contribution in [0.5, 0.6) is 0 Å². The van der Waals surface area contributed by atoms with E-state index in [-0.39, 0.29) is 0 Å². The number of hydrogen-bond acceptors (Lipinski definition) is 3. The smallest absolute Gasteiger partial charge is 0.137 e. The van der Waals surface area contributed by atoms with Crippen LogP contribution >= 0.6 is 34.8 Å². The number of halogens is 3. The van der Waals surface area contributed by atoms with Crippen molar-refractivity contribution in [1.29, 1.82) is 0 Å². The monoisotopic (exact) mass is 337 g/mol. The molecular formula is C15H10Cl3N3. The molecule has 0 spiro atoms. The third-order valence-electron chi connectivity index (χ3n) is 3.04. The lowest BCUT2D eigenvalue weighted by molar-refractivity contribution is 1.10. The number of hydrogen-bond donors (Lipinski definition) is 1. The van der Waals surface area contributed by atoms with Crippen molar-refractivity contribution in [3.8, 4) is 0 Å². The number of aromatic nitrogens is 2. The van der Waals surface area contributed by atoms with Crippen molar-refractivity contribution in [3.63, 3.8) is 0 Å². The molecule has 0 bridgehead atoms. The standard InChI is InChI=1S/C15H10Cl3N3/c16-10-2-4-14-11(6-10)15(21-8-20-14)19-7-9-1-3-12(17)13(18)5-9/h1-6,8H,7H2,(H,19,20,21). The van der Waals surface area contributed by atoms with E-state index in [2.05, 4.69) is 15.3 Å². The minimum atomic E-state index is 0.534. The quantitative estimate of drug-likeness (QED) is 0.713. The first kappa shape index (κ1) is 14.4. The van der Waals surface area contributed by atoms with E-state index in [0.29, 0.717) is 21.6 Å². The lowest BCUT2D eigenvalue weighted by Gasteiger charge is -2.09. The summed E-state index contributed by atoms with van der Waals surface area (Å²) in [7, 11) is 0. The summed E-state index contributed by atoms with van der Waals surface area (Å²) in [5.74, 6) is 0.730. The van der Waals surface area contributed by atoms with Gasteiger partial charge in [-0.05, 0) is 35.9 Å². The van der Waals surface area contributed by atoms with E-state index in [1.807, 2.05) is 24.3 Å². The Morgan fingerprint density at radius 2 is 1.76 bits per heavy atom. The fourth-order valence-corrected chi connectivity index (χ4v) is 2.50. The van der Waals surface area contributed by atoms with Crippen molar-refractivity contribution in [2.45, 2.75) is 6.54 Å². The molecular weight excluding hydrogens is 329 g/mol. The van der Waals surface area contributed by atoms with Crippen LogP contribution in [-0.2, 0) is 6.54 Å². The Morgan fingerprint density at radius 1 is 0.905 bits per heavy atom. The Morgan fingerprint density at radius 3 is 2.57 bits per heavy atom. The average molecular weight is 339 g/mol. The third-order valence-corrected chi connectivity index (χ3v) is 4.02. The van der Waals surface area contributed by atoms with E-state index in [1.165, 1.54) is 6.33 Å². The van der Waals surface area contributed by atoms with Gasteiger partial charge in [0.05, 0.1) is 15.6 Å². The van der Waals surface area contributed by atoms with Crippen LogP contribution in [0.3, 0.4) is 0 Å². The molecule has 0 aliphatic heterocycles. The van der Waals surface area contributed by atoms with Crippen LogP contribution in [0.1, 0.15) is 5.56 Å². The number of nitrogens with one attached hydrogen (secondary N) is 1. The molecule has 6 heteroatoms.